The third-order valence-corrected chi connectivity index (χ3v) is 9.73. The van der Waals surface area contributed by atoms with Gasteiger partial charge >= 0.3 is 12.1 Å². The van der Waals surface area contributed by atoms with Crippen molar-refractivity contribution in [2.45, 2.75) is 64.6 Å². The summed E-state index contributed by atoms with van der Waals surface area (Å²) in [7, 11) is 3.63. The molecular weight excluding hydrogens is 641 g/mol. The van der Waals surface area contributed by atoms with E-state index in [-0.39, 0.29) is 35.2 Å². The van der Waals surface area contributed by atoms with Gasteiger partial charge in [0.25, 0.3) is 0 Å². The smallest absolute Gasteiger partial charge is 0.421 e. The third-order valence-electron chi connectivity index (χ3n) is 9.73. The van der Waals surface area contributed by atoms with Gasteiger partial charge in [-0.3, -0.25) is 4.79 Å². The first-order valence-electron chi connectivity index (χ1n) is 16.6. The molecular formula is C34H41F3N8O4. The van der Waals surface area contributed by atoms with E-state index in [1.165, 1.54) is 6.20 Å². The molecule has 1 aliphatic carbocycles. The van der Waals surface area contributed by atoms with Crippen molar-refractivity contribution in [1.82, 2.24) is 29.9 Å². The first kappa shape index (κ1) is 34.3. The molecule has 49 heavy (non-hydrogen) atoms. The molecule has 0 spiro atoms. The Morgan fingerprint density at radius 3 is 2.53 bits per heavy atom. The van der Waals surface area contributed by atoms with Gasteiger partial charge < -0.3 is 29.4 Å². The monoisotopic (exact) mass is 682 g/mol. The van der Waals surface area contributed by atoms with Crippen LogP contribution in [0, 0.1) is 11.3 Å². The Balaban J connectivity index is 1.38. The van der Waals surface area contributed by atoms with Crippen LogP contribution in [0.5, 0.6) is 5.88 Å². The summed E-state index contributed by atoms with van der Waals surface area (Å²) in [4.78, 5) is 41.8. The quantitative estimate of drug-likeness (QED) is 0.176. The molecule has 0 bridgehead atoms. The van der Waals surface area contributed by atoms with Gasteiger partial charge in [0.2, 0.25) is 5.88 Å². The van der Waals surface area contributed by atoms with Crippen molar-refractivity contribution >= 4 is 28.6 Å². The number of carboxylic acid groups (broad SMARTS) is 1. The van der Waals surface area contributed by atoms with Gasteiger partial charge in [-0.2, -0.15) is 13.2 Å². The van der Waals surface area contributed by atoms with Crippen LogP contribution in [0.15, 0.2) is 30.7 Å². The Morgan fingerprint density at radius 2 is 1.92 bits per heavy atom. The van der Waals surface area contributed by atoms with Crippen LogP contribution in [0.4, 0.5) is 24.7 Å². The number of methoxy groups -OCH3 is 1. The number of rotatable bonds is 12. The molecule has 1 aliphatic heterocycles. The Morgan fingerprint density at radius 1 is 1.12 bits per heavy atom. The molecule has 2 unspecified atom stereocenters. The minimum atomic E-state index is -4.68. The molecule has 5 heterocycles. The summed E-state index contributed by atoms with van der Waals surface area (Å²) < 4.78 is 52.9. The number of nitrogens with zero attached hydrogens (tertiary/aromatic N) is 7. The number of fused-ring (bicyclic) bond motifs is 1. The largest absolute Gasteiger partial charge is 0.481 e. The summed E-state index contributed by atoms with van der Waals surface area (Å²) in [6, 6.07) is 2.80. The molecule has 0 aromatic carbocycles. The Bertz CT molecular complexity index is 1790. The van der Waals surface area contributed by atoms with Gasteiger partial charge in [-0.25, -0.2) is 24.9 Å². The second-order valence-corrected chi connectivity index (χ2v) is 13.0. The zero-order chi connectivity index (χ0) is 34.9. The van der Waals surface area contributed by atoms with E-state index in [9.17, 15) is 23.1 Å². The normalized spacial score (nSPS) is 19.1. The highest BCUT2D eigenvalue weighted by atomic mass is 19.4. The maximum atomic E-state index is 14.0. The van der Waals surface area contributed by atoms with Crippen LogP contribution >= 0.6 is 0 Å². The van der Waals surface area contributed by atoms with Crippen molar-refractivity contribution in [2.75, 3.05) is 50.3 Å². The average Bonchev–Trinajstić information content (AvgIpc) is 3.51. The molecule has 0 radical (unpaired) electrons. The number of carboxylic acids is 1. The van der Waals surface area contributed by atoms with E-state index in [4.69, 9.17) is 14.5 Å². The van der Waals surface area contributed by atoms with Crippen LogP contribution < -0.4 is 14.5 Å². The number of hydrogen-bond donors (Lipinski definition) is 2. The van der Waals surface area contributed by atoms with E-state index < -0.39 is 23.6 Å². The lowest BCUT2D eigenvalue weighted by Gasteiger charge is -2.44. The Labute approximate surface area is 282 Å². The number of piperidine rings is 1. The molecule has 4 aromatic rings. The van der Waals surface area contributed by atoms with Gasteiger partial charge in [-0.1, -0.05) is 13.3 Å². The summed E-state index contributed by atoms with van der Waals surface area (Å²) in [6.45, 7) is 5.50. The van der Waals surface area contributed by atoms with Gasteiger partial charge in [0.15, 0.2) is 11.5 Å². The number of anilines is 2. The van der Waals surface area contributed by atoms with Crippen molar-refractivity contribution in [3.05, 3.63) is 36.3 Å². The molecule has 1 saturated carbocycles. The number of halogens is 3. The van der Waals surface area contributed by atoms with Crippen LogP contribution in [0.2, 0.25) is 0 Å². The summed E-state index contributed by atoms with van der Waals surface area (Å²) >= 11 is 0. The molecule has 15 heteroatoms. The fraction of sp³-hybridized carbons (Fsp3) is 0.529. The minimum absolute atomic E-state index is 0.0361. The van der Waals surface area contributed by atoms with E-state index in [2.05, 4.69) is 34.7 Å². The van der Waals surface area contributed by atoms with Crippen molar-refractivity contribution in [3.8, 4) is 28.7 Å². The number of imidazole rings is 1. The second-order valence-electron chi connectivity index (χ2n) is 13.0. The highest BCUT2D eigenvalue weighted by Crippen LogP contribution is 2.44. The number of alkyl halides is 3. The van der Waals surface area contributed by atoms with Crippen molar-refractivity contribution in [3.63, 3.8) is 0 Å². The zero-order valence-corrected chi connectivity index (χ0v) is 28.0. The lowest BCUT2D eigenvalue weighted by molar-refractivity contribution is -0.142. The van der Waals surface area contributed by atoms with E-state index in [1.54, 1.807) is 32.5 Å². The van der Waals surface area contributed by atoms with Crippen LogP contribution in [-0.2, 0) is 15.7 Å². The number of aromatic nitrogens is 6. The van der Waals surface area contributed by atoms with Crippen LogP contribution in [-0.4, -0.2) is 87.5 Å². The van der Waals surface area contributed by atoms with Crippen LogP contribution in [0.3, 0.4) is 0 Å². The third kappa shape index (κ3) is 6.98. The zero-order valence-electron chi connectivity index (χ0n) is 28.0. The van der Waals surface area contributed by atoms with Gasteiger partial charge in [-0.15, -0.1) is 0 Å². The lowest BCUT2D eigenvalue weighted by atomic mass is 9.69. The lowest BCUT2D eigenvalue weighted by Crippen LogP contribution is -2.44. The number of aliphatic carboxylic acids is 1. The minimum Gasteiger partial charge on any atom is -0.481 e. The van der Waals surface area contributed by atoms with Crippen LogP contribution in [0.25, 0.3) is 33.9 Å². The summed E-state index contributed by atoms with van der Waals surface area (Å²) in [6.07, 6.45) is 4.90. The molecule has 2 fully saturated rings. The Kier molecular flexibility index (Phi) is 9.65. The van der Waals surface area contributed by atoms with E-state index in [1.807, 2.05) is 14.0 Å². The molecule has 1 saturated heterocycles. The molecule has 2 aliphatic rings. The summed E-state index contributed by atoms with van der Waals surface area (Å²) in [5.74, 6) is -0.567. The van der Waals surface area contributed by atoms with E-state index in [0.717, 1.165) is 31.7 Å². The van der Waals surface area contributed by atoms with Gasteiger partial charge in [-0.05, 0) is 51.2 Å². The molecule has 2 atom stereocenters. The molecule has 6 rings (SSSR count). The van der Waals surface area contributed by atoms with Crippen LogP contribution in [0.1, 0.15) is 57.9 Å². The number of nitrogens with one attached hydrogen (secondary N) is 1. The predicted molar refractivity (Wildman–Crippen MR) is 178 cm³/mol. The Hall–Kier alpha value is -4.53. The fourth-order valence-corrected chi connectivity index (χ4v) is 7.06. The molecule has 12 nitrogen and oxygen atoms in total. The second kappa shape index (κ2) is 13.8. The molecule has 2 N–H and O–H groups in total. The van der Waals surface area contributed by atoms with Gasteiger partial charge in [0.1, 0.15) is 22.6 Å². The number of ether oxygens (including phenoxy) is 2. The standard InChI is InChI=1S/C34H41F3N8O4/c1-5-22-12-20(32(46)47)8-11-45(22)27-17-38-25(16-39-27)29-42-28-26(44(3)18-33(19-48-4)9-7-10-33)14-24(41-30(28)43-29)21-13-23(34(35,36)37)31(40-15-21)49-6-2/h13-17,20,22H,5-12,18-19H2,1-4H3,(H,46,47)(H,41,42,43). The predicted octanol–water partition coefficient (Wildman–Crippen LogP) is 6.23. The summed E-state index contributed by atoms with van der Waals surface area (Å²) in [5, 5.41) is 9.51. The maximum Gasteiger partial charge on any atom is 0.421 e. The SMILES string of the molecule is CCOc1ncc(-c2cc(N(C)CC3(COC)CCC3)c3[nH]c(-c4cnc(N5CCC(C(=O)O)CC5CC)cn4)nc3n2)cc1C(F)(F)F. The van der Waals surface area contributed by atoms with Crippen molar-refractivity contribution in [2.24, 2.45) is 11.3 Å². The number of carbonyl (C=O) groups is 1. The molecule has 4 aromatic heterocycles. The topological polar surface area (TPSA) is 142 Å². The van der Waals surface area contributed by atoms with E-state index >= 15 is 0 Å². The number of hydrogen-bond acceptors (Lipinski definition) is 10. The van der Waals surface area contributed by atoms with Gasteiger partial charge in [0.05, 0.1) is 42.9 Å². The fourth-order valence-electron chi connectivity index (χ4n) is 7.06. The average molecular weight is 683 g/mol. The van der Waals surface area contributed by atoms with Gasteiger partial charge in [0, 0.05) is 50.5 Å². The maximum absolute atomic E-state index is 14.0. The van der Waals surface area contributed by atoms with Crippen molar-refractivity contribution < 1.29 is 32.5 Å². The highest BCUT2D eigenvalue weighted by Gasteiger charge is 2.39. The first-order chi connectivity index (χ1) is 23.4. The van der Waals surface area contributed by atoms with Crippen molar-refractivity contribution in [1.29, 1.82) is 0 Å². The molecule has 0 amide bonds. The number of aromatic amines is 1. The number of pyridine rings is 2. The molecule has 262 valence electrons. The van der Waals surface area contributed by atoms with E-state index in [0.29, 0.717) is 66.7 Å². The highest BCUT2D eigenvalue weighted by molar-refractivity contribution is 5.91. The summed E-state index contributed by atoms with van der Waals surface area (Å²) in [5.41, 5.74) is 1.51. The number of H-pyrrole nitrogens is 1. The first-order valence-corrected chi connectivity index (χ1v) is 16.6.